The van der Waals surface area contributed by atoms with Gasteiger partial charge in [0, 0.05) is 11.6 Å². The van der Waals surface area contributed by atoms with Gasteiger partial charge in [0.05, 0.1) is 6.54 Å². The maximum absolute atomic E-state index is 5.81. The van der Waals surface area contributed by atoms with E-state index in [0.29, 0.717) is 12.5 Å². The molecule has 0 aliphatic heterocycles. The van der Waals surface area contributed by atoms with Gasteiger partial charge in [-0.1, -0.05) is 23.8 Å². The second kappa shape index (κ2) is 5.64. The molecule has 18 heavy (non-hydrogen) atoms. The van der Waals surface area contributed by atoms with Gasteiger partial charge >= 0.3 is 0 Å². The lowest BCUT2D eigenvalue weighted by Crippen LogP contribution is -2.22. The Morgan fingerprint density at radius 3 is 3.00 bits per heavy atom. The fourth-order valence-electron chi connectivity index (χ4n) is 1.58. The third kappa shape index (κ3) is 3.30. The Balaban J connectivity index is 2.03. The van der Waals surface area contributed by atoms with Gasteiger partial charge in [0.25, 0.3) is 0 Å². The van der Waals surface area contributed by atoms with E-state index in [-0.39, 0.29) is 0 Å². The van der Waals surface area contributed by atoms with Gasteiger partial charge in [-0.15, -0.1) is 11.3 Å². The Labute approximate surface area is 111 Å². The molecule has 1 aromatic heterocycles. The zero-order valence-corrected chi connectivity index (χ0v) is 11.3. The molecule has 2 rings (SSSR count). The van der Waals surface area contributed by atoms with Crippen LogP contribution in [0.2, 0.25) is 0 Å². The SMILES string of the molecule is Cc1ccc(C)c(CN=C(N)Nc2nccs2)c1. The van der Waals surface area contributed by atoms with E-state index in [1.54, 1.807) is 6.20 Å². The molecule has 0 bridgehead atoms. The molecular weight excluding hydrogens is 244 g/mol. The number of benzene rings is 1. The summed E-state index contributed by atoms with van der Waals surface area (Å²) in [5, 5.41) is 5.61. The van der Waals surface area contributed by atoms with Gasteiger partial charge in [-0.25, -0.2) is 9.98 Å². The predicted molar refractivity (Wildman–Crippen MR) is 77.0 cm³/mol. The molecule has 1 heterocycles. The van der Waals surface area contributed by atoms with E-state index in [0.717, 1.165) is 5.13 Å². The molecule has 4 nitrogen and oxygen atoms in total. The molecule has 0 radical (unpaired) electrons. The number of hydrogen-bond acceptors (Lipinski definition) is 3. The quantitative estimate of drug-likeness (QED) is 0.659. The first kappa shape index (κ1) is 12.6. The minimum atomic E-state index is 0.394. The average molecular weight is 260 g/mol. The highest BCUT2D eigenvalue weighted by Crippen LogP contribution is 2.12. The van der Waals surface area contributed by atoms with Crippen molar-refractivity contribution >= 4 is 22.4 Å². The van der Waals surface area contributed by atoms with Crippen LogP contribution in [0.3, 0.4) is 0 Å². The van der Waals surface area contributed by atoms with E-state index < -0.39 is 0 Å². The molecule has 0 fully saturated rings. The predicted octanol–water partition coefficient (Wildman–Crippen LogP) is 2.69. The zero-order chi connectivity index (χ0) is 13.0. The molecule has 3 N–H and O–H groups in total. The summed E-state index contributed by atoms with van der Waals surface area (Å²) < 4.78 is 0. The van der Waals surface area contributed by atoms with Crippen LogP contribution in [0.25, 0.3) is 0 Å². The van der Waals surface area contributed by atoms with Gasteiger partial charge in [-0.05, 0) is 25.0 Å². The molecule has 0 amide bonds. The summed E-state index contributed by atoms with van der Waals surface area (Å²) in [5.41, 5.74) is 9.46. The van der Waals surface area contributed by atoms with Crippen LogP contribution < -0.4 is 11.1 Å². The van der Waals surface area contributed by atoms with Crippen molar-refractivity contribution < 1.29 is 0 Å². The van der Waals surface area contributed by atoms with E-state index in [2.05, 4.69) is 47.3 Å². The maximum atomic E-state index is 5.81. The Hall–Kier alpha value is -1.88. The number of hydrogen-bond donors (Lipinski definition) is 2. The number of nitrogens with zero attached hydrogens (tertiary/aromatic N) is 2. The minimum Gasteiger partial charge on any atom is -0.370 e. The Morgan fingerprint density at radius 1 is 1.44 bits per heavy atom. The highest BCUT2D eigenvalue weighted by molar-refractivity contribution is 7.13. The first-order chi connectivity index (χ1) is 8.65. The van der Waals surface area contributed by atoms with E-state index >= 15 is 0 Å². The van der Waals surface area contributed by atoms with Crippen LogP contribution in [-0.2, 0) is 6.54 Å². The van der Waals surface area contributed by atoms with E-state index in [9.17, 15) is 0 Å². The van der Waals surface area contributed by atoms with Crippen molar-refractivity contribution in [2.45, 2.75) is 20.4 Å². The van der Waals surface area contributed by atoms with Crippen LogP contribution >= 0.6 is 11.3 Å². The van der Waals surface area contributed by atoms with Gasteiger partial charge < -0.3 is 11.1 Å². The molecule has 0 atom stereocenters. The molecule has 0 unspecified atom stereocenters. The molecule has 0 saturated heterocycles. The van der Waals surface area contributed by atoms with Gasteiger partial charge in [0.15, 0.2) is 11.1 Å². The van der Waals surface area contributed by atoms with Crippen LogP contribution in [0.15, 0.2) is 34.8 Å². The fourth-order valence-corrected chi connectivity index (χ4v) is 2.11. The second-order valence-electron chi connectivity index (χ2n) is 4.09. The van der Waals surface area contributed by atoms with Crippen molar-refractivity contribution in [2.24, 2.45) is 10.7 Å². The number of aliphatic imine (C=N–C) groups is 1. The first-order valence-corrected chi connectivity index (χ1v) is 6.55. The lowest BCUT2D eigenvalue weighted by molar-refractivity contribution is 1.03. The third-order valence-electron chi connectivity index (χ3n) is 2.59. The molecule has 0 aliphatic carbocycles. The molecule has 2 aromatic rings. The van der Waals surface area contributed by atoms with E-state index in [4.69, 9.17) is 5.73 Å². The average Bonchev–Trinajstić information content (AvgIpc) is 2.83. The van der Waals surface area contributed by atoms with Gasteiger partial charge in [-0.3, -0.25) is 0 Å². The highest BCUT2D eigenvalue weighted by Gasteiger charge is 2.00. The highest BCUT2D eigenvalue weighted by atomic mass is 32.1. The molecule has 0 spiro atoms. The van der Waals surface area contributed by atoms with Crippen LogP contribution in [0.5, 0.6) is 0 Å². The fraction of sp³-hybridized carbons (Fsp3) is 0.231. The normalized spacial score (nSPS) is 11.6. The standard InChI is InChI=1S/C13H16N4S/c1-9-3-4-10(2)11(7-9)8-16-12(14)17-13-15-5-6-18-13/h3-7H,8H2,1-2H3,(H3,14,15,16,17). The number of guanidine groups is 1. The molecule has 1 aromatic carbocycles. The summed E-state index contributed by atoms with van der Waals surface area (Å²) in [6, 6.07) is 6.33. The van der Waals surface area contributed by atoms with Crippen LogP contribution in [0.1, 0.15) is 16.7 Å². The maximum Gasteiger partial charge on any atom is 0.195 e. The van der Waals surface area contributed by atoms with Crippen molar-refractivity contribution in [3.63, 3.8) is 0 Å². The lowest BCUT2D eigenvalue weighted by Gasteiger charge is -2.05. The minimum absolute atomic E-state index is 0.394. The topological polar surface area (TPSA) is 63.3 Å². The Kier molecular flexibility index (Phi) is 3.94. The second-order valence-corrected chi connectivity index (χ2v) is 4.99. The van der Waals surface area contributed by atoms with Crippen molar-refractivity contribution in [1.29, 1.82) is 0 Å². The summed E-state index contributed by atoms with van der Waals surface area (Å²) in [6.07, 6.45) is 1.73. The number of aromatic nitrogens is 1. The monoisotopic (exact) mass is 260 g/mol. The van der Waals surface area contributed by atoms with Crippen molar-refractivity contribution in [1.82, 2.24) is 4.98 Å². The zero-order valence-electron chi connectivity index (χ0n) is 10.5. The molecule has 5 heteroatoms. The van der Waals surface area contributed by atoms with Gasteiger partial charge in [0.2, 0.25) is 0 Å². The number of nitrogens with one attached hydrogen (secondary N) is 1. The van der Waals surface area contributed by atoms with Gasteiger partial charge in [-0.2, -0.15) is 0 Å². The smallest absolute Gasteiger partial charge is 0.195 e. The van der Waals surface area contributed by atoms with E-state index in [1.807, 2.05) is 5.38 Å². The Morgan fingerprint density at radius 2 is 2.28 bits per heavy atom. The molecule has 0 saturated carbocycles. The largest absolute Gasteiger partial charge is 0.370 e. The summed E-state index contributed by atoms with van der Waals surface area (Å²) in [4.78, 5) is 8.41. The molecule has 0 aliphatic rings. The lowest BCUT2D eigenvalue weighted by atomic mass is 10.1. The summed E-state index contributed by atoms with van der Waals surface area (Å²) in [7, 11) is 0. The summed E-state index contributed by atoms with van der Waals surface area (Å²) >= 11 is 1.50. The van der Waals surface area contributed by atoms with Crippen LogP contribution in [0, 0.1) is 13.8 Å². The van der Waals surface area contributed by atoms with Crippen molar-refractivity contribution in [3.05, 3.63) is 46.5 Å². The number of anilines is 1. The summed E-state index contributed by atoms with van der Waals surface area (Å²) in [6.45, 7) is 4.73. The van der Waals surface area contributed by atoms with Crippen molar-refractivity contribution in [3.8, 4) is 0 Å². The number of nitrogens with two attached hydrogens (primary N) is 1. The van der Waals surface area contributed by atoms with Crippen LogP contribution in [0.4, 0.5) is 5.13 Å². The number of rotatable bonds is 3. The number of aryl methyl sites for hydroxylation is 2. The van der Waals surface area contributed by atoms with E-state index in [1.165, 1.54) is 28.0 Å². The number of thiazole rings is 1. The van der Waals surface area contributed by atoms with Crippen molar-refractivity contribution in [2.75, 3.05) is 5.32 Å². The third-order valence-corrected chi connectivity index (χ3v) is 3.28. The van der Waals surface area contributed by atoms with Crippen LogP contribution in [-0.4, -0.2) is 10.9 Å². The first-order valence-electron chi connectivity index (χ1n) is 5.68. The Bertz CT molecular complexity index is 546. The van der Waals surface area contributed by atoms with Gasteiger partial charge in [0.1, 0.15) is 0 Å². The molecule has 94 valence electrons. The summed E-state index contributed by atoms with van der Waals surface area (Å²) in [5.74, 6) is 0.394. The molecular formula is C13H16N4S.